The fraction of sp³-hybridized carbons (Fsp3) is 0.381. The average Bonchev–Trinajstić information content (AvgIpc) is 2.66. The molecule has 0 saturated heterocycles. The normalized spacial score (nSPS) is 11.5. The van der Waals surface area contributed by atoms with E-state index in [9.17, 15) is 4.79 Å². The van der Waals surface area contributed by atoms with Crippen LogP contribution in [0.4, 0.5) is 0 Å². The molecule has 2 aromatic rings. The number of aryl methyl sites for hydroxylation is 1. The molecule has 0 fully saturated rings. The van der Waals surface area contributed by atoms with E-state index in [1.54, 1.807) is 31.4 Å². The number of carbonyl (C=O) groups is 1. The Hall–Kier alpha value is -2.69. The van der Waals surface area contributed by atoms with Gasteiger partial charge in [0.1, 0.15) is 23.9 Å². The number of ether oxygens (including phenoxy) is 3. The third-order valence-electron chi connectivity index (χ3n) is 4.21. The van der Waals surface area contributed by atoms with E-state index in [0.717, 1.165) is 17.1 Å². The maximum atomic E-state index is 12.3. The Bertz CT molecular complexity index is 712. The Balaban J connectivity index is 1.80. The van der Waals surface area contributed by atoms with Crippen LogP contribution in [0.15, 0.2) is 42.5 Å². The maximum Gasteiger partial charge on any atom is 0.261 e. The van der Waals surface area contributed by atoms with Crippen LogP contribution in [0.3, 0.4) is 0 Å². The summed E-state index contributed by atoms with van der Waals surface area (Å²) in [5, 5.41) is 2.87. The molecule has 1 N–H and O–H groups in total. The molecule has 1 atom stereocenters. The first-order valence-corrected chi connectivity index (χ1v) is 8.82. The van der Waals surface area contributed by atoms with Gasteiger partial charge in [0.05, 0.1) is 13.7 Å². The molecule has 140 valence electrons. The number of hydrogen-bond donors (Lipinski definition) is 1. The fourth-order valence-electron chi connectivity index (χ4n) is 2.47. The summed E-state index contributed by atoms with van der Waals surface area (Å²) < 4.78 is 16.6. The molecule has 1 amide bonds. The monoisotopic (exact) mass is 357 g/mol. The molecule has 2 aromatic carbocycles. The Morgan fingerprint density at radius 2 is 1.77 bits per heavy atom. The van der Waals surface area contributed by atoms with Crippen molar-refractivity contribution >= 4 is 5.91 Å². The lowest BCUT2D eigenvalue weighted by molar-refractivity contribution is -0.128. The molecule has 5 nitrogen and oxygen atoms in total. The summed E-state index contributed by atoms with van der Waals surface area (Å²) in [6.45, 7) is 6.83. The second-order valence-electron chi connectivity index (χ2n) is 6.03. The minimum atomic E-state index is -0.538. The highest BCUT2D eigenvalue weighted by Gasteiger charge is 2.18. The van der Waals surface area contributed by atoms with Gasteiger partial charge in [0.15, 0.2) is 6.10 Å². The molecular weight excluding hydrogens is 330 g/mol. The van der Waals surface area contributed by atoms with E-state index in [1.807, 2.05) is 39.0 Å². The van der Waals surface area contributed by atoms with Gasteiger partial charge in [0.2, 0.25) is 0 Å². The van der Waals surface area contributed by atoms with Crippen LogP contribution >= 0.6 is 0 Å². The first kappa shape index (κ1) is 19.6. The zero-order valence-electron chi connectivity index (χ0n) is 15.9. The van der Waals surface area contributed by atoms with Gasteiger partial charge in [-0.05, 0) is 61.7 Å². The highest BCUT2D eigenvalue weighted by molar-refractivity contribution is 5.81. The van der Waals surface area contributed by atoms with Gasteiger partial charge in [0.25, 0.3) is 5.91 Å². The Kier molecular flexibility index (Phi) is 7.33. The van der Waals surface area contributed by atoms with Crippen molar-refractivity contribution in [3.8, 4) is 17.2 Å². The molecule has 2 rings (SSSR count). The van der Waals surface area contributed by atoms with E-state index in [1.165, 1.54) is 5.56 Å². The van der Waals surface area contributed by atoms with Crippen LogP contribution in [0.5, 0.6) is 17.2 Å². The molecule has 0 bridgehead atoms. The van der Waals surface area contributed by atoms with Crippen LogP contribution in [-0.4, -0.2) is 32.3 Å². The van der Waals surface area contributed by atoms with Crippen molar-refractivity contribution in [3.05, 3.63) is 53.6 Å². The van der Waals surface area contributed by atoms with Crippen LogP contribution < -0.4 is 19.5 Å². The number of carbonyl (C=O) groups excluding carboxylic acids is 1. The van der Waals surface area contributed by atoms with E-state index >= 15 is 0 Å². The SMILES string of the molecule is CCC(Oc1ccc(OC)cc1)C(=O)NCCOc1cccc(C)c1C. The molecule has 0 saturated carbocycles. The average molecular weight is 357 g/mol. The van der Waals surface area contributed by atoms with Crippen molar-refractivity contribution in [2.24, 2.45) is 0 Å². The molecule has 0 aliphatic carbocycles. The summed E-state index contributed by atoms with van der Waals surface area (Å²) >= 11 is 0. The van der Waals surface area contributed by atoms with Gasteiger partial charge in [-0.1, -0.05) is 19.1 Å². The van der Waals surface area contributed by atoms with Crippen molar-refractivity contribution in [1.82, 2.24) is 5.32 Å². The molecule has 5 heteroatoms. The number of methoxy groups -OCH3 is 1. The van der Waals surface area contributed by atoms with Crippen molar-refractivity contribution in [2.45, 2.75) is 33.3 Å². The van der Waals surface area contributed by atoms with Gasteiger partial charge < -0.3 is 19.5 Å². The smallest absolute Gasteiger partial charge is 0.261 e. The minimum Gasteiger partial charge on any atom is -0.497 e. The van der Waals surface area contributed by atoms with E-state index in [0.29, 0.717) is 25.3 Å². The largest absolute Gasteiger partial charge is 0.497 e. The quantitative estimate of drug-likeness (QED) is 0.696. The lowest BCUT2D eigenvalue weighted by Crippen LogP contribution is -2.39. The van der Waals surface area contributed by atoms with Gasteiger partial charge in [-0.2, -0.15) is 0 Å². The van der Waals surface area contributed by atoms with Gasteiger partial charge in [-0.3, -0.25) is 4.79 Å². The third kappa shape index (κ3) is 5.41. The molecule has 1 unspecified atom stereocenters. The van der Waals surface area contributed by atoms with Crippen LogP contribution in [-0.2, 0) is 4.79 Å². The van der Waals surface area contributed by atoms with E-state index in [2.05, 4.69) is 5.32 Å². The van der Waals surface area contributed by atoms with Crippen LogP contribution in [0.2, 0.25) is 0 Å². The summed E-state index contributed by atoms with van der Waals surface area (Å²) in [6, 6.07) is 13.1. The minimum absolute atomic E-state index is 0.145. The second-order valence-corrected chi connectivity index (χ2v) is 6.03. The Labute approximate surface area is 155 Å². The van der Waals surface area contributed by atoms with Gasteiger partial charge >= 0.3 is 0 Å². The molecule has 0 aromatic heterocycles. The number of amides is 1. The van der Waals surface area contributed by atoms with E-state index in [-0.39, 0.29) is 5.91 Å². The molecular formula is C21H27NO4. The highest BCUT2D eigenvalue weighted by Crippen LogP contribution is 2.20. The summed E-state index contributed by atoms with van der Waals surface area (Å²) in [7, 11) is 1.61. The number of rotatable bonds is 9. The number of hydrogen-bond acceptors (Lipinski definition) is 4. The number of nitrogens with one attached hydrogen (secondary N) is 1. The molecule has 0 aliphatic heterocycles. The van der Waals surface area contributed by atoms with Crippen LogP contribution in [0, 0.1) is 13.8 Å². The Morgan fingerprint density at radius 3 is 2.42 bits per heavy atom. The van der Waals surface area contributed by atoms with Crippen LogP contribution in [0.1, 0.15) is 24.5 Å². The van der Waals surface area contributed by atoms with Crippen molar-refractivity contribution in [1.29, 1.82) is 0 Å². The molecule has 0 heterocycles. The topological polar surface area (TPSA) is 56.8 Å². The second kappa shape index (κ2) is 9.70. The first-order chi connectivity index (χ1) is 12.5. The summed E-state index contributed by atoms with van der Waals surface area (Å²) in [6.07, 6.45) is 0.0412. The lowest BCUT2D eigenvalue weighted by Gasteiger charge is -2.18. The van der Waals surface area contributed by atoms with Crippen LogP contribution in [0.25, 0.3) is 0 Å². The van der Waals surface area contributed by atoms with Gasteiger partial charge in [-0.15, -0.1) is 0 Å². The standard InChI is InChI=1S/C21H27NO4/c1-5-19(26-18-11-9-17(24-4)10-12-18)21(23)22-13-14-25-20-8-6-7-15(2)16(20)3/h6-12,19H,5,13-14H2,1-4H3,(H,22,23). The van der Waals surface area contributed by atoms with Gasteiger partial charge in [0, 0.05) is 0 Å². The summed E-state index contributed by atoms with van der Waals surface area (Å²) in [5.74, 6) is 2.09. The highest BCUT2D eigenvalue weighted by atomic mass is 16.5. The summed E-state index contributed by atoms with van der Waals surface area (Å²) in [4.78, 5) is 12.3. The van der Waals surface area contributed by atoms with Crippen molar-refractivity contribution in [3.63, 3.8) is 0 Å². The third-order valence-corrected chi connectivity index (χ3v) is 4.21. The maximum absolute atomic E-state index is 12.3. The van der Waals surface area contributed by atoms with Crippen molar-refractivity contribution in [2.75, 3.05) is 20.3 Å². The molecule has 0 spiro atoms. The zero-order valence-corrected chi connectivity index (χ0v) is 15.9. The molecule has 0 radical (unpaired) electrons. The van der Waals surface area contributed by atoms with Crippen molar-refractivity contribution < 1.29 is 19.0 Å². The molecule has 26 heavy (non-hydrogen) atoms. The zero-order chi connectivity index (χ0) is 18.9. The lowest BCUT2D eigenvalue weighted by atomic mass is 10.1. The van der Waals surface area contributed by atoms with Gasteiger partial charge in [-0.25, -0.2) is 0 Å². The first-order valence-electron chi connectivity index (χ1n) is 8.82. The Morgan fingerprint density at radius 1 is 1.08 bits per heavy atom. The fourth-order valence-corrected chi connectivity index (χ4v) is 2.47. The predicted octanol–water partition coefficient (Wildman–Crippen LogP) is 3.66. The van der Waals surface area contributed by atoms with E-state index in [4.69, 9.17) is 14.2 Å². The predicted molar refractivity (Wildman–Crippen MR) is 102 cm³/mol. The molecule has 0 aliphatic rings. The number of benzene rings is 2. The summed E-state index contributed by atoms with van der Waals surface area (Å²) in [5.41, 5.74) is 2.30. The van der Waals surface area contributed by atoms with E-state index < -0.39 is 6.10 Å².